The molecule has 1 aliphatic heterocycles. The lowest BCUT2D eigenvalue weighted by Gasteiger charge is -2.38. The Kier molecular flexibility index (Phi) is 5.21. The van der Waals surface area contributed by atoms with Crippen molar-refractivity contribution in [2.75, 3.05) is 6.61 Å². The summed E-state index contributed by atoms with van der Waals surface area (Å²) in [5, 5.41) is 0. The standard InChI is InChI=1S/C18H31NO3/c1-6-10-15(14-11-8-7-9-12-14)22-16(20)19-17(2,3)13-21-18(19,4)5/h8,11,14-15H,6-7,9-10,12-13H2,1-5H3/t14?,15-/m1/s1. The second-order valence-corrected chi connectivity index (χ2v) is 7.62. The van der Waals surface area contributed by atoms with Gasteiger partial charge in [-0.2, -0.15) is 0 Å². The number of carbonyl (C=O) groups excluding carboxylic acids is 1. The number of allylic oxidation sites excluding steroid dienone is 1. The van der Waals surface area contributed by atoms with E-state index in [0.29, 0.717) is 12.5 Å². The minimum atomic E-state index is -0.611. The summed E-state index contributed by atoms with van der Waals surface area (Å²) in [4.78, 5) is 14.6. The Labute approximate surface area is 134 Å². The largest absolute Gasteiger partial charge is 0.445 e. The lowest BCUT2D eigenvalue weighted by atomic mass is 9.89. The molecule has 2 rings (SSSR count). The number of hydrogen-bond donors (Lipinski definition) is 0. The van der Waals surface area contributed by atoms with E-state index >= 15 is 0 Å². The number of carbonyl (C=O) groups is 1. The zero-order valence-electron chi connectivity index (χ0n) is 14.7. The summed E-state index contributed by atoms with van der Waals surface area (Å²) in [6.45, 7) is 10.6. The van der Waals surface area contributed by atoms with Crippen LogP contribution >= 0.6 is 0 Å². The van der Waals surface area contributed by atoms with E-state index < -0.39 is 5.72 Å². The van der Waals surface area contributed by atoms with Gasteiger partial charge in [-0.1, -0.05) is 25.5 Å². The molecule has 1 heterocycles. The highest BCUT2D eigenvalue weighted by atomic mass is 16.6. The first kappa shape index (κ1) is 17.3. The molecule has 0 bridgehead atoms. The highest BCUT2D eigenvalue weighted by Gasteiger charge is 2.50. The third kappa shape index (κ3) is 3.65. The highest BCUT2D eigenvalue weighted by molar-refractivity contribution is 5.70. The molecule has 1 saturated heterocycles. The molecule has 4 nitrogen and oxygen atoms in total. The highest BCUT2D eigenvalue weighted by Crippen LogP contribution is 2.36. The summed E-state index contributed by atoms with van der Waals surface area (Å²) < 4.78 is 11.7. The van der Waals surface area contributed by atoms with Crippen molar-refractivity contribution in [1.29, 1.82) is 0 Å². The molecule has 2 atom stereocenters. The summed E-state index contributed by atoms with van der Waals surface area (Å²) in [7, 11) is 0. The van der Waals surface area contributed by atoms with Crippen molar-refractivity contribution in [3.63, 3.8) is 0 Å². The fourth-order valence-corrected chi connectivity index (χ4v) is 3.65. The van der Waals surface area contributed by atoms with E-state index in [9.17, 15) is 4.79 Å². The Hall–Kier alpha value is -1.03. The Balaban J connectivity index is 2.10. The Morgan fingerprint density at radius 2 is 2.14 bits per heavy atom. The van der Waals surface area contributed by atoms with E-state index in [2.05, 4.69) is 19.1 Å². The molecule has 2 aliphatic rings. The van der Waals surface area contributed by atoms with Gasteiger partial charge in [0.2, 0.25) is 0 Å². The number of ether oxygens (including phenoxy) is 2. The van der Waals surface area contributed by atoms with Crippen molar-refractivity contribution in [2.45, 2.75) is 84.1 Å². The zero-order valence-corrected chi connectivity index (χ0v) is 14.7. The van der Waals surface area contributed by atoms with Crippen LogP contribution in [0.15, 0.2) is 12.2 Å². The van der Waals surface area contributed by atoms with Crippen LogP contribution in [-0.2, 0) is 9.47 Å². The normalized spacial score (nSPS) is 27.7. The van der Waals surface area contributed by atoms with Gasteiger partial charge >= 0.3 is 6.09 Å². The van der Waals surface area contributed by atoms with Crippen LogP contribution < -0.4 is 0 Å². The third-order valence-corrected chi connectivity index (χ3v) is 4.70. The molecule has 0 aromatic carbocycles. The molecule has 4 heteroatoms. The van der Waals surface area contributed by atoms with Crippen molar-refractivity contribution in [2.24, 2.45) is 5.92 Å². The average Bonchev–Trinajstić information content (AvgIpc) is 2.68. The van der Waals surface area contributed by atoms with E-state index in [1.165, 1.54) is 6.42 Å². The average molecular weight is 309 g/mol. The molecule has 0 spiro atoms. The van der Waals surface area contributed by atoms with E-state index in [4.69, 9.17) is 9.47 Å². The minimum Gasteiger partial charge on any atom is -0.445 e. The van der Waals surface area contributed by atoms with Gasteiger partial charge in [0.25, 0.3) is 0 Å². The van der Waals surface area contributed by atoms with Crippen LogP contribution in [0, 0.1) is 5.92 Å². The van der Waals surface area contributed by atoms with Crippen molar-refractivity contribution in [3.05, 3.63) is 12.2 Å². The predicted octanol–water partition coefficient (Wildman–Crippen LogP) is 4.49. The third-order valence-electron chi connectivity index (χ3n) is 4.70. The number of hydrogen-bond acceptors (Lipinski definition) is 3. The van der Waals surface area contributed by atoms with Gasteiger partial charge in [0.1, 0.15) is 11.8 Å². The lowest BCUT2D eigenvalue weighted by molar-refractivity contribution is -0.0627. The molecule has 1 fully saturated rings. The Morgan fingerprint density at radius 3 is 2.64 bits per heavy atom. The molecule has 22 heavy (non-hydrogen) atoms. The van der Waals surface area contributed by atoms with Gasteiger partial charge < -0.3 is 9.47 Å². The molecule has 0 aromatic heterocycles. The second kappa shape index (κ2) is 6.61. The maximum absolute atomic E-state index is 12.8. The van der Waals surface area contributed by atoms with Crippen LogP contribution in [0.1, 0.15) is 66.7 Å². The topological polar surface area (TPSA) is 38.8 Å². The van der Waals surface area contributed by atoms with Gasteiger partial charge in [-0.15, -0.1) is 0 Å². The maximum Gasteiger partial charge on any atom is 0.412 e. The van der Waals surface area contributed by atoms with Crippen LogP contribution in [0.4, 0.5) is 4.79 Å². The van der Waals surface area contributed by atoms with Crippen molar-refractivity contribution < 1.29 is 14.3 Å². The lowest BCUT2D eigenvalue weighted by Crippen LogP contribution is -2.53. The molecule has 1 unspecified atom stereocenters. The first-order valence-electron chi connectivity index (χ1n) is 8.59. The van der Waals surface area contributed by atoms with Crippen LogP contribution in [0.25, 0.3) is 0 Å². The molecule has 0 saturated carbocycles. The van der Waals surface area contributed by atoms with Crippen molar-refractivity contribution in [3.8, 4) is 0 Å². The summed E-state index contributed by atoms with van der Waals surface area (Å²) in [6, 6.07) is 0. The second-order valence-electron chi connectivity index (χ2n) is 7.62. The van der Waals surface area contributed by atoms with Gasteiger partial charge in [0.05, 0.1) is 12.1 Å². The van der Waals surface area contributed by atoms with Crippen molar-refractivity contribution in [1.82, 2.24) is 4.90 Å². The van der Waals surface area contributed by atoms with Gasteiger partial charge in [-0.25, -0.2) is 4.79 Å². The number of amides is 1. The van der Waals surface area contributed by atoms with E-state index in [-0.39, 0.29) is 17.7 Å². The quantitative estimate of drug-likeness (QED) is 0.718. The van der Waals surface area contributed by atoms with Crippen LogP contribution in [0.3, 0.4) is 0 Å². The molecule has 0 radical (unpaired) electrons. The smallest absolute Gasteiger partial charge is 0.412 e. The first-order chi connectivity index (χ1) is 10.3. The summed E-state index contributed by atoms with van der Waals surface area (Å²) >= 11 is 0. The Morgan fingerprint density at radius 1 is 1.41 bits per heavy atom. The minimum absolute atomic E-state index is 0.0266. The monoisotopic (exact) mass is 309 g/mol. The van der Waals surface area contributed by atoms with Crippen LogP contribution in [-0.4, -0.2) is 35.0 Å². The van der Waals surface area contributed by atoms with E-state index in [1.54, 1.807) is 4.90 Å². The van der Waals surface area contributed by atoms with E-state index in [0.717, 1.165) is 25.7 Å². The van der Waals surface area contributed by atoms with Gasteiger partial charge in [-0.3, -0.25) is 4.90 Å². The van der Waals surface area contributed by atoms with Crippen LogP contribution in [0.5, 0.6) is 0 Å². The number of nitrogens with zero attached hydrogens (tertiary/aromatic N) is 1. The fraction of sp³-hybridized carbons (Fsp3) is 0.833. The molecule has 0 N–H and O–H groups in total. The van der Waals surface area contributed by atoms with Gasteiger partial charge in [-0.05, 0) is 53.4 Å². The fourth-order valence-electron chi connectivity index (χ4n) is 3.65. The van der Waals surface area contributed by atoms with Crippen LogP contribution in [0.2, 0.25) is 0 Å². The SMILES string of the molecule is CCC[C@@H](OC(=O)N1C(C)(C)COC1(C)C)C1C=CCCC1. The molecular weight excluding hydrogens is 278 g/mol. The summed E-state index contributed by atoms with van der Waals surface area (Å²) in [6.07, 6.45) is 9.54. The molecular formula is C18H31NO3. The van der Waals surface area contributed by atoms with Crippen molar-refractivity contribution >= 4 is 6.09 Å². The predicted molar refractivity (Wildman–Crippen MR) is 87.6 cm³/mol. The van der Waals surface area contributed by atoms with Gasteiger partial charge in [0.15, 0.2) is 0 Å². The van der Waals surface area contributed by atoms with E-state index in [1.807, 2.05) is 27.7 Å². The molecule has 1 amide bonds. The molecule has 0 aromatic rings. The molecule has 1 aliphatic carbocycles. The maximum atomic E-state index is 12.8. The summed E-state index contributed by atoms with van der Waals surface area (Å²) in [5.74, 6) is 0.354. The van der Waals surface area contributed by atoms with Gasteiger partial charge in [0, 0.05) is 5.92 Å². The first-order valence-corrected chi connectivity index (χ1v) is 8.59. The Bertz CT molecular complexity index is 412. The summed E-state index contributed by atoms with van der Waals surface area (Å²) in [5.41, 5.74) is -0.945. The number of rotatable bonds is 4. The zero-order chi connectivity index (χ0) is 16.4. The molecule has 126 valence electrons.